The molecule has 23 heavy (non-hydrogen) atoms. The van der Waals surface area contributed by atoms with Gasteiger partial charge in [-0.1, -0.05) is 25.1 Å². The van der Waals surface area contributed by atoms with Crippen LogP contribution in [0.5, 0.6) is 0 Å². The first kappa shape index (κ1) is 17.4. The lowest BCUT2D eigenvalue weighted by atomic mass is 9.86. The average Bonchev–Trinajstić information content (AvgIpc) is 2.47. The van der Waals surface area contributed by atoms with E-state index in [-0.39, 0.29) is 30.5 Å². The second kappa shape index (κ2) is 7.55. The third-order valence-electron chi connectivity index (χ3n) is 4.27. The van der Waals surface area contributed by atoms with Crippen molar-refractivity contribution in [3.8, 4) is 0 Å². The number of halogens is 1. The third-order valence-corrected chi connectivity index (χ3v) is 4.27. The summed E-state index contributed by atoms with van der Waals surface area (Å²) >= 11 is 0. The second-order valence-corrected chi connectivity index (χ2v) is 6.14. The maximum atomic E-state index is 13.8. The van der Waals surface area contributed by atoms with Gasteiger partial charge in [0.05, 0.1) is 12.0 Å². The van der Waals surface area contributed by atoms with E-state index in [0.717, 1.165) is 0 Å². The number of rotatable bonds is 6. The van der Waals surface area contributed by atoms with E-state index in [1.165, 1.54) is 6.07 Å². The van der Waals surface area contributed by atoms with Crippen LogP contribution in [0.25, 0.3) is 0 Å². The van der Waals surface area contributed by atoms with Crippen LogP contribution in [0.3, 0.4) is 0 Å². The van der Waals surface area contributed by atoms with E-state index in [2.05, 4.69) is 5.32 Å². The van der Waals surface area contributed by atoms with Crippen molar-refractivity contribution in [3.63, 3.8) is 0 Å². The first-order chi connectivity index (χ1) is 10.9. The molecule has 0 saturated carbocycles. The van der Waals surface area contributed by atoms with Gasteiger partial charge in [-0.3, -0.25) is 9.59 Å². The van der Waals surface area contributed by atoms with E-state index in [9.17, 15) is 14.0 Å². The molecule has 0 aliphatic carbocycles. The summed E-state index contributed by atoms with van der Waals surface area (Å²) in [5, 5.41) is 12.0. The van der Waals surface area contributed by atoms with Gasteiger partial charge in [-0.05, 0) is 30.4 Å². The summed E-state index contributed by atoms with van der Waals surface area (Å²) in [6, 6.07) is 6.37. The zero-order valence-corrected chi connectivity index (χ0v) is 13.2. The van der Waals surface area contributed by atoms with Crippen molar-refractivity contribution in [2.45, 2.75) is 44.1 Å². The van der Waals surface area contributed by atoms with Gasteiger partial charge in [-0.25, -0.2) is 4.39 Å². The van der Waals surface area contributed by atoms with Crippen LogP contribution in [0.4, 0.5) is 4.39 Å². The van der Waals surface area contributed by atoms with Crippen molar-refractivity contribution >= 4 is 11.9 Å². The molecule has 126 valence electrons. The molecule has 1 aromatic carbocycles. The van der Waals surface area contributed by atoms with Crippen LogP contribution in [-0.2, 0) is 14.3 Å². The molecule has 1 unspecified atom stereocenters. The van der Waals surface area contributed by atoms with Crippen molar-refractivity contribution in [3.05, 3.63) is 35.6 Å². The summed E-state index contributed by atoms with van der Waals surface area (Å²) in [6.45, 7) is 2.64. The van der Waals surface area contributed by atoms with E-state index in [1.54, 1.807) is 25.1 Å². The number of carboxylic acids is 1. The SMILES string of the molecule is CC(CC(=O)NC1(CC(=O)O)CCOCC1)c1ccccc1F. The molecular formula is C17H22FNO4. The van der Waals surface area contributed by atoms with Gasteiger partial charge in [0, 0.05) is 19.6 Å². The first-order valence-corrected chi connectivity index (χ1v) is 7.77. The van der Waals surface area contributed by atoms with Crippen molar-refractivity contribution < 1.29 is 23.8 Å². The molecule has 2 rings (SSSR count). The van der Waals surface area contributed by atoms with E-state index in [0.29, 0.717) is 31.6 Å². The van der Waals surface area contributed by atoms with Crippen LogP contribution in [0.1, 0.15) is 44.1 Å². The molecule has 1 fully saturated rings. The zero-order valence-electron chi connectivity index (χ0n) is 13.2. The van der Waals surface area contributed by atoms with Crippen LogP contribution >= 0.6 is 0 Å². The Hall–Kier alpha value is -1.95. The number of aliphatic carboxylic acids is 1. The molecule has 1 aromatic rings. The normalized spacial score (nSPS) is 18.2. The molecule has 2 N–H and O–H groups in total. The maximum Gasteiger partial charge on any atom is 0.305 e. The van der Waals surface area contributed by atoms with Crippen molar-refractivity contribution in [2.24, 2.45) is 0 Å². The molecule has 0 radical (unpaired) electrons. The van der Waals surface area contributed by atoms with E-state index >= 15 is 0 Å². The largest absolute Gasteiger partial charge is 0.481 e. The Kier molecular flexibility index (Phi) is 5.71. The van der Waals surface area contributed by atoms with Crippen LogP contribution in [0.15, 0.2) is 24.3 Å². The highest BCUT2D eigenvalue weighted by molar-refractivity contribution is 5.79. The van der Waals surface area contributed by atoms with Crippen LogP contribution in [-0.4, -0.2) is 35.7 Å². The fourth-order valence-corrected chi connectivity index (χ4v) is 3.01. The molecule has 1 heterocycles. The average molecular weight is 323 g/mol. The van der Waals surface area contributed by atoms with E-state index in [4.69, 9.17) is 9.84 Å². The molecule has 0 bridgehead atoms. The number of benzene rings is 1. The lowest BCUT2D eigenvalue weighted by Gasteiger charge is -2.37. The number of carbonyl (C=O) groups excluding carboxylic acids is 1. The molecule has 6 heteroatoms. The lowest BCUT2D eigenvalue weighted by molar-refractivity contribution is -0.140. The summed E-state index contributed by atoms with van der Waals surface area (Å²) < 4.78 is 19.0. The van der Waals surface area contributed by atoms with Gasteiger partial charge in [0.1, 0.15) is 5.82 Å². The smallest absolute Gasteiger partial charge is 0.305 e. The van der Waals surface area contributed by atoms with E-state index < -0.39 is 11.5 Å². The van der Waals surface area contributed by atoms with Crippen LogP contribution in [0.2, 0.25) is 0 Å². The van der Waals surface area contributed by atoms with Gasteiger partial charge in [-0.15, -0.1) is 0 Å². The number of hydrogen-bond donors (Lipinski definition) is 2. The minimum absolute atomic E-state index is 0.114. The fraction of sp³-hybridized carbons (Fsp3) is 0.529. The van der Waals surface area contributed by atoms with Gasteiger partial charge >= 0.3 is 5.97 Å². The number of carboxylic acid groups (broad SMARTS) is 1. The minimum Gasteiger partial charge on any atom is -0.481 e. The number of amides is 1. The monoisotopic (exact) mass is 323 g/mol. The molecule has 1 saturated heterocycles. The maximum absolute atomic E-state index is 13.8. The van der Waals surface area contributed by atoms with Crippen LogP contribution < -0.4 is 5.32 Å². The number of carbonyl (C=O) groups is 2. The van der Waals surface area contributed by atoms with Gasteiger partial charge < -0.3 is 15.2 Å². The standard InChI is InChI=1S/C17H22FNO4/c1-12(13-4-2-3-5-14(13)18)10-15(20)19-17(11-16(21)22)6-8-23-9-7-17/h2-5,12H,6-11H2,1H3,(H,19,20)(H,21,22). The Morgan fingerprint density at radius 1 is 1.35 bits per heavy atom. The molecule has 0 spiro atoms. The highest BCUT2D eigenvalue weighted by atomic mass is 19.1. The minimum atomic E-state index is -0.950. The summed E-state index contributed by atoms with van der Waals surface area (Å²) in [6.07, 6.45) is 0.928. The van der Waals surface area contributed by atoms with Gasteiger partial charge in [-0.2, -0.15) is 0 Å². The lowest BCUT2D eigenvalue weighted by Crippen LogP contribution is -2.53. The predicted octanol–water partition coefficient (Wildman–Crippen LogP) is 2.46. The summed E-state index contributed by atoms with van der Waals surface area (Å²) in [5.74, 6) is -1.82. The highest BCUT2D eigenvalue weighted by Gasteiger charge is 2.36. The van der Waals surface area contributed by atoms with Crippen LogP contribution in [0, 0.1) is 5.82 Å². The summed E-state index contributed by atoms with van der Waals surface area (Å²) in [5.41, 5.74) is -0.280. The molecule has 1 aliphatic rings. The fourth-order valence-electron chi connectivity index (χ4n) is 3.01. The molecule has 1 aliphatic heterocycles. The Morgan fingerprint density at radius 3 is 2.61 bits per heavy atom. The third kappa shape index (κ3) is 4.76. The Balaban J connectivity index is 2.01. The Morgan fingerprint density at radius 2 is 2.00 bits per heavy atom. The summed E-state index contributed by atoms with van der Waals surface area (Å²) in [7, 11) is 0. The topological polar surface area (TPSA) is 75.6 Å². The molecule has 1 amide bonds. The number of hydrogen-bond acceptors (Lipinski definition) is 3. The highest BCUT2D eigenvalue weighted by Crippen LogP contribution is 2.27. The van der Waals surface area contributed by atoms with Gasteiger partial charge in [0.25, 0.3) is 0 Å². The van der Waals surface area contributed by atoms with Crippen molar-refractivity contribution in [1.29, 1.82) is 0 Å². The molecule has 5 nitrogen and oxygen atoms in total. The Bertz CT molecular complexity index is 569. The van der Waals surface area contributed by atoms with Crippen molar-refractivity contribution in [1.82, 2.24) is 5.32 Å². The number of ether oxygens (including phenoxy) is 1. The van der Waals surface area contributed by atoms with Crippen molar-refractivity contribution in [2.75, 3.05) is 13.2 Å². The Labute approximate surface area is 134 Å². The summed E-state index contributed by atoms with van der Waals surface area (Å²) in [4.78, 5) is 23.4. The quantitative estimate of drug-likeness (QED) is 0.843. The second-order valence-electron chi connectivity index (χ2n) is 6.14. The molecule has 1 atom stereocenters. The first-order valence-electron chi connectivity index (χ1n) is 7.77. The van der Waals surface area contributed by atoms with Gasteiger partial charge in [0.2, 0.25) is 5.91 Å². The molecule has 0 aromatic heterocycles. The number of nitrogens with one attached hydrogen (secondary N) is 1. The molecular weight excluding hydrogens is 301 g/mol. The van der Waals surface area contributed by atoms with Gasteiger partial charge in [0.15, 0.2) is 0 Å². The zero-order chi connectivity index (χ0) is 16.9. The van der Waals surface area contributed by atoms with E-state index in [1.807, 2.05) is 0 Å². The predicted molar refractivity (Wildman–Crippen MR) is 82.6 cm³/mol.